The molecule has 114 valence electrons. The highest BCUT2D eigenvalue weighted by molar-refractivity contribution is 9.10. The van der Waals surface area contributed by atoms with Crippen LogP contribution in [0.15, 0.2) is 34.1 Å². The van der Waals surface area contributed by atoms with Gasteiger partial charge in [0.1, 0.15) is 0 Å². The monoisotopic (exact) mass is 380 g/mol. The number of aromatic nitrogens is 1. The molecular formula is C15H13BrN2O3S. The van der Waals surface area contributed by atoms with Crippen molar-refractivity contribution in [2.75, 3.05) is 18.6 Å². The van der Waals surface area contributed by atoms with Gasteiger partial charge in [-0.2, -0.15) is 0 Å². The number of nitrogens with zero attached hydrogens (tertiary/aromatic N) is 2. The zero-order valence-corrected chi connectivity index (χ0v) is 14.2. The van der Waals surface area contributed by atoms with Crippen molar-refractivity contribution in [3.05, 3.63) is 34.1 Å². The second kappa shape index (κ2) is 6.18. The summed E-state index contributed by atoms with van der Waals surface area (Å²) in [5.74, 6) is -0.846. The summed E-state index contributed by atoms with van der Waals surface area (Å²) < 4.78 is 5.69. The minimum absolute atomic E-state index is 0.0921. The van der Waals surface area contributed by atoms with Crippen LogP contribution in [-0.4, -0.2) is 30.5 Å². The SMILES string of the molecule is COC(=O)C1CC(=O)N(c2nc(-c3cccc(Br)c3)cs2)C1. The van der Waals surface area contributed by atoms with Crippen LogP contribution < -0.4 is 4.90 Å². The van der Waals surface area contributed by atoms with Crippen LogP contribution in [0, 0.1) is 5.92 Å². The average Bonchev–Trinajstić information content (AvgIpc) is 3.13. The number of benzene rings is 1. The van der Waals surface area contributed by atoms with Crippen molar-refractivity contribution >= 4 is 44.3 Å². The van der Waals surface area contributed by atoms with Gasteiger partial charge < -0.3 is 4.74 Å². The van der Waals surface area contributed by atoms with Crippen molar-refractivity contribution in [3.8, 4) is 11.3 Å². The van der Waals surface area contributed by atoms with Crippen molar-refractivity contribution < 1.29 is 14.3 Å². The summed E-state index contributed by atoms with van der Waals surface area (Å²) in [4.78, 5) is 29.7. The zero-order chi connectivity index (χ0) is 15.7. The van der Waals surface area contributed by atoms with Gasteiger partial charge in [-0.15, -0.1) is 11.3 Å². The Morgan fingerprint density at radius 3 is 3.05 bits per heavy atom. The molecule has 1 fully saturated rings. The number of carbonyl (C=O) groups excluding carboxylic acids is 2. The highest BCUT2D eigenvalue weighted by Crippen LogP contribution is 2.32. The van der Waals surface area contributed by atoms with Crippen molar-refractivity contribution in [1.29, 1.82) is 0 Å². The lowest BCUT2D eigenvalue weighted by molar-refractivity contribution is -0.145. The molecule has 2 heterocycles. The molecule has 1 aromatic heterocycles. The Balaban J connectivity index is 1.82. The highest BCUT2D eigenvalue weighted by Gasteiger charge is 2.37. The normalized spacial score (nSPS) is 17.8. The molecule has 0 N–H and O–H groups in total. The van der Waals surface area contributed by atoms with Gasteiger partial charge in [-0.05, 0) is 12.1 Å². The fraction of sp³-hybridized carbons (Fsp3) is 0.267. The minimum Gasteiger partial charge on any atom is -0.469 e. The predicted molar refractivity (Wildman–Crippen MR) is 87.7 cm³/mol. The highest BCUT2D eigenvalue weighted by atomic mass is 79.9. The molecule has 0 aliphatic carbocycles. The van der Waals surface area contributed by atoms with Crippen LogP contribution >= 0.6 is 27.3 Å². The van der Waals surface area contributed by atoms with Crippen LogP contribution in [0.2, 0.25) is 0 Å². The Labute approximate surface area is 140 Å². The number of methoxy groups -OCH3 is 1. The van der Waals surface area contributed by atoms with Crippen LogP contribution in [0.1, 0.15) is 6.42 Å². The Hall–Kier alpha value is -1.73. The topological polar surface area (TPSA) is 59.5 Å². The number of hydrogen-bond donors (Lipinski definition) is 0. The first-order valence-corrected chi connectivity index (χ1v) is 8.35. The molecule has 5 nitrogen and oxygen atoms in total. The Morgan fingerprint density at radius 2 is 2.32 bits per heavy atom. The van der Waals surface area contributed by atoms with Crippen molar-refractivity contribution in [1.82, 2.24) is 4.98 Å². The number of hydrogen-bond acceptors (Lipinski definition) is 5. The van der Waals surface area contributed by atoms with Gasteiger partial charge in [0.15, 0.2) is 5.13 Å². The Morgan fingerprint density at radius 1 is 1.50 bits per heavy atom. The Kier molecular flexibility index (Phi) is 4.26. The number of thiazole rings is 1. The van der Waals surface area contributed by atoms with Crippen LogP contribution in [0.4, 0.5) is 5.13 Å². The van der Waals surface area contributed by atoms with Crippen molar-refractivity contribution in [2.45, 2.75) is 6.42 Å². The maximum Gasteiger partial charge on any atom is 0.311 e. The van der Waals surface area contributed by atoms with Gasteiger partial charge >= 0.3 is 5.97 Å². The number of carbonyl (C=O) groups is 2. The molecule has 7 heteroatoms. The first kappa shape index (κ1) is 15.2. The molecule has 0 saturated carbocycles. The molecule has 1 aliphatic rings. The van der Waals surface area contributed by atoms with Gasteiger partial charge in [0.25, 0.3) is 0 Å². The van der Waals surface area contributed by atoms with E-state index in [-0.39, 0.29) is 18.3 Å². The van der Waals surface area contributed by atoms with Gasteiger partial charge in [-0.1, -0.05) is 28.1 Å². The maximum atomic E-state index is 12.1. The summed E-state index contributed by atoms with van der Waals surface area (Å²) >= 11 is 4.83. The average molecular weight is 381 g/mol. The summed E-state index contributed by atoms with van der Waals surface area (Å²) in [5.41, 5.74) is 1.80. The van der Waals surface area contributed by atoms with E-state index < -0.39 is 5.92 Å². The first-order chi connectivity index (χ1) is 10.6. The number of esters is 1. The van der Waals surface area contributed by atoms with E-state index in [1.165, 1.54) is 18.4 Å². The van der Waals surface area contributed by atoms with E-state index in [2.05, 4.69) is 20.9 Å². The van der Waals surface area contributed by atoms with Crippen LogP contribution in [0.25, 0.3) is 11.3 Å². The van der Waals surface area contributed by atoms with E-state index in [1.54, 1.807) is 4.90 Å². The predicted octanol–water partition coefficient (Wildman–Crippen LogP) is 3.10. The number of ether oxygens (including phenoxy) is 1. The fourth-order valence-electron chi connectivity index (χ4n) is 2.39. The smallest absolute Gasteiger partial charge is 0.311 e. The maximum absolute atomic E-state index is 12.1. The largest absolute Gasteiger partial charge is 0.469 e. The van der Waals surface area contributed by atoms with Crippen LogP contribution in [-0.2, 0) is 14.3 Å². The minimum atomic E-state index is -0.407. The molecule has 0 bridgehead atoms. The van der Waals surface area contributed by atoms with Crippen molar-refractivity contribution in [3.63, 3.8) is 0 Å². The van der Waals surface area contributed by atoms with Gasteiger partial charge in [0.05, 0.1) is 18.7 Å². The molecular weight excluding hydrogens is 368 g/mol. The molecule has 1 amide bonds. The Bertz CT molecular complexity index is 731. The van der Waals surface area contributed by atoms with Crippen molar-refractivity contribution in [2.24, 2.45) is 5.92 Å². The quantitative estimate of drug-likeness (QED) is 0.767. The van der Waals surface area contributed by atoms with E-state index in [9.17, 15) is 9.59 Å². The first-order valence-electron chi connectivity index (χ1n) is 6.68. The molecule has 22 heavy (non-hydrogen) atoms. The zero-order valence-electron chi connectivity index (χ0n) is 11.8. The summed E-state index contributed by atoms with van der Waals surface area (Å²) in [7, 11) is 1.34. The standard InChI is InChI=1S/C15H13BrN2O3S/c1-21-14(20)10-6-13(19)18(7-10)15-17-12(8-22-15)9-3-2-4-11(16)5-9/h2-5,8,10H,6-7H2,1H3. The second-order valence-electron chi connectivity index (χ2n) is 4.95. The van der Waals surface area contributed by atoms with E-state index in [0.717, 1.165) is 15.7 Å². The van der Waals surface area contributed by atoms with Gasteiger partial charge in [-0.3, -0.25) is 14.5 Å². The van der Waals surface area contributed by atoms with Gasteiger partial charge in [-0.25, -0.2) is 4.98 Å². The molecule has 3 rings (SSSR count). The van der Waals surface area contributed by atoms with E-state index in [4.69, 9.17) is 4.74 Å². The third-order valence-corrected chi connectivity index (χ3v) is 4.86. The van der Waals surface area contributed by atoms with Crippen LogP contribution in [0.3, 0.4) is 0 Å². The summed E-state index contributed by atoms with van der Waals surface area (Å²) in [6, 6.07) is 7.82. The summed E-state index contributed by atoms with van der Waals surface area (Å²) in [5, 5.41) is 2.53. The third-order valence-electron chi connectivity index (χ3n) is 3.50. The fourth-order valence-corrected chi connectivity index (χ4v) is 3.65. The van der Waals surface area contributed by atoms with E-state index in [1.807, 2.05) is 29.6 Å². The lowest BCUT2D eigenvalue weighted by atomic mass is 10.1. The lowest BCUT2D eigenvalue weighted by Gasteiger charge is -2.12. The number of rotatable bonds is 3. The van der Waals surface area contributed by atoms with E-state index >= 15 is 0 Å². The molecule has 1 atom stereocenters. The lowest BCUT2D eigenvalue weighted by Crippen LogP contribution is -2.26. The van der Waals surface area contributed by atoms with Crippen LogP contribution in [0.5, 0.6) is 0 Å². The molecule has 1 aliphatic heterocycles. The summed E-state index contributed by atoms with van der Waals surface area (Å²) in [6.07, 6.45) is 0.179. The molecule has 1 unspecified atom stereocenters. The molecule has 1 saturated heterocycles. The van der Waals surface area contributed by atoms with Gasteiger partial charge in [0, 0.05) is 28.4 Å². The van der Waals surface area contributed by atoms with Gasteiger partial charge in [0.2, 0.25) is 5.91 Å². The second-order valence-corrected chi connectivity index (χ2v) is 6.71. The third kappa shape index (κ3) is 2.91. The molecule has 2 aromatic rings. The summed E-state index contributed by atoms with van der Waals surface area (Å²) in [6.45, 7) is 0.330. The number of anilines is 1. The molecule has 0 spiro atoms. The number of halogens is 1. The van der Waals surface area contributed by atoms with E-state index in [0.29, 0.717) is 11.7 Å². The molecule has 1 aromatic carbocycles. The number of amides is 1. The molecule has 0 radical (unpaired) electrons.